The molecule has 0 aliphatic rings. The van der Waals surface area contributed by atoms with Crippen LogP contribution < -0.4 is 21.3 Å². The number of methoxy groups -OCH3 is 1. The van der Waals surface area contributed by atoms with E-state index < -0.39 is 11.2 Å². The fourth-order valence-electron chi connectivity index (χ4n) is 3.50. The maximum absolute atomic E-state index is 13.3. The van der Waals surface area contributed by atoms with Gasteiger partial charge in [0.25, 0.3) is 5.56 Å². The lowest BCUT2D eigenvalue weighted by atomic mass is 10.2. The lowest BCUT2D eigenvalue weighted by Crippen LogP contribution is -2.40. The molecule has 0 unspecified atom stereocenters. The lowest BCUT2D eigenvalue weighted by Gasteiger charge is -2.12. The van der Waals surface area contributed by atoms with Crippen molar-refractivity contribution in [2.24, 2.45) is 0 Å². The Morgan fingerprint density at radius 2 is 1.70 bits per heavy atom. The van der Waals surface area contributed by atoms with Gasteiger partial charge in [0.2, 0.25) is 5.91 Å². The molecule has 0 aliphatic heterocycles. The summed E-state index contributed by atoms with van der Waals surface area (Å²) in [5.74, 6) is 0.0937. The van der Waals surface area contributed by atoms with Gasteiger partial charge in [-0.25, -0.2) is 9.18 Å². The third-order valence-corrected chi connectivity index (χ3v) is 6.19. The van der Waals surface area contributed by atoms with Gasteiger partial charge < -0.3 is 10.1 Å². The molecule has 9 heteroatoms. The molecule has 0 aliphatic carbocycles. The van der Waals surface area contributed by atoms with Crippen molar-refractivity contribution in [3.05, 3.63) is 97.8 Å². The van der Waals surface area contributed by atoms with Crippen molar-refractivity contribution in [2.75, 3.05) is 7.11 Å². The van der Waals surface area contributed by atoms with E-state index in [0.29, 0.717) is 16.8 Å². The molecule has 1 amide bonds. The van der Waals surface area contributed by atoms with E-state index in [4.69, 9.17) is 4.74 Å². The predicted molar refractivity (Wildman–Crippen MR) is 125 cm³/mol. The van der Waals surface area contributed by atoms with Crippen LogP contribution in [-0.2, 0) is 24.4 Å². The standard InChI is InChI=1S/C24H22FN3O4S/c1-32-19-8-4-16(5-9-19)14-26-21(29)10-12-27-23(30)22-20(11-13-33-22)28(24(27)31)15-17-2-6-18(25)7-3-17/h2-9,11,13H,10,12,14-15H2,1H3,(H,26,29). The number of hydrogen-bond acceptors (Lipinski definition) is 5. The summed E-state index contributed by atoms with van der Waals surface area (Å²) in [7, 11) is 1.58. The van der Waals surface area contributed by atoms with Gasteiger partial charge in [-0.1, -0.05) is 24.3 Å². The normalized spacial score (nSPS) is 11.0. The SMILES string of the molecule is COc1ccc(CNC(=O)CCn2c(=O)c3sccc3n(Cc3ccc(F)cc3)c2=O)cc1. The molecule has 0 radical (unpaired) electrons. The van der Waals surface area contributed by atoms with Crippen LogP contribution in [0.4, 0.5) is 4.39 Å². The minimum atomic E-state index is -0.502. The number of nitrogens with one attached hydrogen (secondary N) is 1. The second-order valence-corrected chi connectivity index (χ2v) is 8.38. The van der Waals surface area contributed by atoms with Gasteiger partial charge in [-0.3, -0.25) is 18.7 Å². The molecule has 0 saturated carbocycles. The Kier molecular flexibility index (Phi) is 6.69. The predicted octanol–water partition coefficient (Wildman–Crippen LogP) is 3.13. The smallest absolute Gasteiger partial charge is 0.331 e. The zero-order chi connectivity index (χ0) is 23.4. The van der Waals surface area contributed by atoms with Crippen LogP contribution in [0.5, 0.6) is 5.75 Å². The molecule has 170 valence electrons. The number of ether oxygens (including phenoxy) is 1. The third kappa shape index (κ3) is 5.04. The second-order valence-electron chi connectivity index (χ2n) is 7.46. The highest BCUT2D eigenvalue weighted by Crippen LogP contribution is 2.17. The summed E-state index contributed by atoms with van der Waals surface area (Å²) in [6.07, 6.45) is -0.0151. The number of amides is 1. The molecular weight excluding hydrogens is 445 g/mol. The zero-order valence-electron chi connectivity index (χ0n) is 17.9. The number of carbonyl (C=O) groups is 1. The molecule has 4 aromatic rings. The number of fused-ring (bicyclic) bond motifs is 1. The number of thiophene rings is 1. The van der Waals surface area contributed by atoms with E-state index in [9.17, 15) is 18.8 Å². The van der Waals surface area contributed by atoms with E-state index in [0.717, 1.165) is 21.4 Å². The molecule has 0 saturated heterocycles. The summed E-state index contributed by atoms with van der Waals surface area (Å²) in [5, 5.41) is 4.55. The summed E-state index contributed by atoms with van der Waals surface area (Å²) in [6.45, 7) is 0.482. The van der Waals surface area contributed by atoms with Gasteiger partial charge in [-0.05, 0) is 46.8 Å². The van der Waals surface area contributed by atoms with E-state index >= 15 is 0 Å². The van der Waals surface area contributed by atoms with Gasteiger partial charge >= 0.3 is 5.69 Å². The number of nitrogens with zero attached hydrogens (tertiary/aromatic N) is 2. The molecule has 4 rings (SSSR count). The third-order valence-electron chi connectivity index (χ3n) is 5.30. The largest absolute Gasteiger partial charge is 0.497 e. The molecule has 0 atom stereocenters. The van der Waals surface area contributed by atoms with E-state index in [2.05, 4.69) is 5.32 Å². The first-order valence-electron chi connectivity index (χ1n) is 10.3. The van der Waals surface area contributed by atoms with E-state index in [1.165, 1.54) is 28.0 Å². The van der Waals surface area contributed by atoms with Crippen molar-refractivity contribution in [1.29, 1.82) is 0 Å². The van der Waals surface area contributed by atoms with Crippen LogP contribution in [0, 0.1) is 5.82 Å². The Morgan fingerprint density at radius 3 is 2.39 bits per heavy atom. The Hall–Kier alpha value is -3.72. The summed E-state index contributed by atoms with van der Waals surface area (Å²) >= 11 is 1.24. The molecule has 2 heterocycles. The fraction of sp³-hybridized carbons (Fsp3) is 0.208. The van der Waals surface area contributed by atoms with Crippen LogP contribution in [0.3, 0.4) is 0 Å². The highest BCUT2D eigenvalue weighted by Gasteiger charge is 2.15. The summed E-state index contributed by atoms with van der Waals surface area (Å²) in [6, 6.07) is 14.9. The van der Waals surface area contributed by atoms with E-state index in [-0.39, 0.29) is 31.2 Å². The molecule has 0 spiro atoms. The average molecular weight is 468 g/mol. The van der Waals surface area contributed by atoms with Crippen molar-refractivity contribution in [3.8, 4) is 5.75 Å². The quantitative estimate of drug-likeness (QED) is 0.432. The number of benzene rings is 2. The first kappa shape index (κ1) is 22.5. The van der Waals surface area contributed by atoms with Gasteiger partial charge in [0.15, 0.2) is 0 Å². The number of hydrogen-bond donors (Lipinski definition) is 1. The van der Waals surface area contributed by atoms with Gasteiger partial charge in [0.05, 0.1) is 19.2 Å². The molecule has 1 N–H and O–H groups in total. The highest BCUT2D eigenvalue weighted by atomic mass is 32.1. The molecule has 2 aromatic carbocycles. The van der Waals surface area contributed by atoms with Crippen LogP contribution in [0.15, 0.2) is 69.6 Å². The van der Waals surface area contributed by atoms with Crippen molar-refractivity contribution in [1.82, 2.24) is 14.5 Å². The van der Waals surface area contributed by atoms with Crippen LogP contribution >= 0.6 is 11.3 Å². The second kappa shape index (κ2) is 9.83. The van der Waals surface area contributed by atoms with Crippen molar-refractivity contribution < 1.29 is 13.9 Å². The summed E-state index contributed by atoms with van der Waals surface area (Å²) in [5.41, 5.74) is 1.25. The monoisotopic (exact) mass is 467 g/mol. The van der Waals surface area contributed by atoms with Crippen molar-refractivity contribution in [2.45, 2.75) is 26.1 Å². The topological polar surface area (TPSA) is 82.3 Å². The molecule has 2 aromatic heterocycles. The number of halogens is 1. The van der Waals surface area contributed by atoms with Gasteiger partial charge in [-0.2, -0.15) is 0 Å². The first-order valence-corrected chi connectivity index (χ1v) is 11.2. The molecule has 0 fully saturated rings. The van der Waals surface area contributed by atoms with Crippen LogP contribution in [0.25, 0.3) is 10.2 Å². The minimum Gasteiger partial charge on any atom is -0.497 e. The maximum atomic E-state index is 13.3. The molecule has 33 heavy (non-hydrogen) atoms. The number of carbonyl (C=O) groups excluding carboxylic acids is 1. The van der Waals surface area contributed by atoms with Crippen molar-refractivity contribution in [3.63, 3.8) is 0 Å². The Morgan fingerprint density at radius 1 is 1.00 bits per heavy atom. The number of rotatable bonds is 8. The first-order chi connectivity index (χ1) is 16.0. The summed E-state index contributed by atoms with van der Waals surface area (Å²) < 4.78 is 21.4. The van der Waals surface area contributed by atoms with Crippen molar-refractivity contribution >= 4 is 27.5 Å². The fourth-order valence-corrected chi connectivity index (χ4v) is 4.34. The lowest BCUT2D eigenvalue weighted by molar-refractivity contribution is -0.121. The Balaban J connectivity index is 1.51. The van der Waals surface area contributed by atoms with E-state index in [1.807, 2.05) is 12.1 Å². The zero-order valence-corrected chi connectivity index (χ0v) is 18.7. The van der Waals surface area contributed by atoms with Crippen LogP contribution in [0.1, 0.15) is 17.5 Å². The minimum absolute atomic E-state index is 0.0151. The van der Waals surface area contributed by atoms with Crippen LogP contribution in [-0.4, -0.2) is 22.2 Å². The van der Waals surface area contributed by atoms with Gasteiger partial charge in [-0.15, -0.1) is 11.3 Å². The molecule has 7 nitrogen and oxygen atoms in total. The van der Waals surface area contributed by atoms with Gasteiger partial charge in [0.1, 0.15) is 16.3 Å². The van der Waals surface area contributed by atoms with Gasteiger partial charge in [0, 0.05) is 19.5 Å². The highest BCUT2D eigenvalue weighted by molar-refractivity contribution is 7.17. The number of aromatic nitrogens is 2. The molecular formula is C24H22FN3O4S. The van der Waals surface area contributed by atoms with Crippen LogP contribution in [0.2, 0.25) is 0 Å². The average Bonchev–Trinajstić information content (AvgIpc) is 3.32. The molecule has 0 bridgehead atoms. The maximum Gasteiger partial charge on any atom is 0.331 e. The Bertz CT molecular complexity index is 1390. The van der Waals surface area contributed by atoms with E-state index in [1.54, 1.807) is 42.8 Å². The Labute approximate surface area is 192 Å². The summed E-state index contributed by atoms with van der Waals surface area (Å²) in [4.78, 5) is 38.4.